The van der Waals surface area contributed by atoms with Gasteiger partial charge in [0.2, 0.25) is 5.91 Å². The molecule has 0 saturated carbocycles. The lowest BCUT2D eigenvalue weighted by atomic mass is 9.97. The highest BCUT2D eigenvalue weighted by Gasteiger charge is 2.30. The standard InChI is InChI=1S/C21H17ClFN3O3/c1-11-17(19(26-29-11)18-14(22)6-4-7-15(18)23)21(28)24-10-9-13-12-5-2-3-8-16(12)25-20(13)27/h2-8,13H,9-10H2,1H3,(H,24,28)(H,25,27). The number of nitrogens with one attached hydrogen (secondary N) is 2. The molecule has 0 saturated heterocycles. The number of para-hydroxylation sites is 1. The molecule has 0 aliphatic carbocycles. The first-order valence-corrected chi connectivity index (χ1v) is 9.44. The van der Waals surface area contributed by atoms with E-state index in [4.69, 9.17) is 16.1 Å². The van der Waals surface area contributed by atoms with E-state index in [1.54, 1.807) is 6.92 Å². The fourth-order valence-corrected chi connectivity index (χ4v) is 3.77. The Morgan fingerprint density at radius 2 is 2.07 bits per heavy atom. The third kappa shape index (κ3) is 3.49. The van der Waals surface area contributed by atoms with Gasteiger partial charge < -0.3 is 15.2 Å². The Labute approximate surface area is 171 Å². The number of hydrogen-bond acceptors (Lipinski definition) is 4. The molecule has 1 unspecified atom stereocenters. The number of aryl methyl sites for hydroxylation is 1. The zero-order chi connectivity index (χ0) is 20.5. The number of halogens is 2. The molecule has 148 valence electrons. The van der Waals surface area contributed by atoms with Gasteiger partial charge >= 0.3 is 0 Å². The van der Waals surface area contributed by atoms with Crippen LogP contribution in [0.4, 0.5) is 10.1 Å². The summed E-state index contributed by atoms with van der Waals surface area (Å²) in [5.74, 6) is -1.25. The van der Waals surface area contributed by atoms with Crippen LogP contribution in [0.25, 0.3) is 11.3 Å². The second kappa shape index (κ2) is 7.67. The average Bonchev–Trinajstić information content (AvgIpc) is 3.21. The second-order valence-corrected chi connectivity index (χ2v) is 7.14. The predicted molar refractivity (Wildman–Crippen MR) is 106 cm³/mol. The van der Waals surface area contributed by atoms with Gasteiger partial charge in [-0.15, -0.1) is 0 Å². The van der Waals surface area contributed by atoms with Crippen LogP contribution in [0, 0.1) is 12.7 Å². The summed E-state index contributed by atoms with van der Waals surface area (Å²) < 4.78 is 19.4. The predicted octanol–water partition coefficient (Wildman–Crippen LogP) is 4.30. The summed E-state index contributed by atoms with van der Waals surface area (Å²) in [6.45, 7) is 1.82. The van der Waals surface area contributed by atoms with Crippen molar-refractivity contribution in [3.05, 3.63) is 70.2 Å². The maximum Gasteiger partial charge on any atom is 0.257 e. The zero-order valence-electron chi connectivity index (χ0n) is 15.5. The van der Waals surface area contributed by atoms with Crippen molar-refractivity contribution in [1.82, 2.24) is 10.5 Å². The maximum atomic E-state index is 14.3. The van der Waals surface area contributed by atoms with Crippen molar-refractivity contribution in [3.8, 4) is 11.3 Å². The Bertz CT molecular complexity index is 1090. The van der Waals surface area contributed by atoms with E-state index < -0.39 is 11.7 Å². The highest BCUT2D eigenvalue weighted by Crippen LogP contribution is 2.35. The summed E-state index contributed by atoms with van der Waals surface area (Å²) in [5.41, 5.74) is 1.88. The van der Waals surface area contributed by atoms with Gasteiger partial charge in [-0.1, -0.05) is 41.0 Å². The van der Waals surface area contributed by atoms with Gasteiger partial charge in [0.15, 0.2) is 0 Å². The normalized spacial score (nSPS) is 15.1. The summed E-state index contributed by atoms with van der Waals surface area (Å²) in [6.07, 6.45) is 0.425. The third-order valence-electron chi connectivity index (χ3n) is 4.92. The van der Waals surface area contributed by atoms with Crippen molar-refractivity contribution in [2.45, 2.75) is 19.3 Å². The minimum Gasteiger partial charge on any atom is -0.360 e. The number of hydrogen-bond donors (Lipinski definition) is 2. The summed E-state index contributed by atoms with van der Waals surface area (Å²) >= 11 is 6.11. The molecule has 8 heteroatoms. The van der Waals surface area contributed by atoms with Gasteiger partial charge in [0.25, 0.3) is 5.91 Å². The molecule has 1 aliphatic heterocycles. The van der Waals surface area contributed by atoms with E-state index in [1.807, 2.05) is 24.3 Å². The van der Waals surface area contributed by atoms with Crippen molar-refractivity contribution in [2.24, 2.45) is 0 Å². The van der Waals surface area contributed by atoms with E-state index in [2.05, 4.69) is 15.8 Å². The number of nitrogens with zero attached hydrogens (tertiary/aromatic N) is 1. The first-order valence-electron chi connectivity index (χ1n) is 9.06. The lowest BCUT2D eigenvalue weighted by molar-refractivity contribution is -0.117. The Morgan fingerprint density at radius 1 is 1.28 bits per heavy atom. The van der Waals surface area contributed by atoms with E-state index in [0.29, 0.717) is 6.42 Å². The fraction of sp³-hybridized carbons (Fsp3) is 0.190. The molecule has 2 heterocycles. The van der Waals surface area contributed by atoms with Crippen LogP contribution in [0.15, 0.2) is 47.0 Å². The Morgan fingerprint density at radius 3 is 2.86 bits per heavy atom. The number of fused-ring (bicyclic) bond motifs is 1. The van der Waals surface area contributed by atoms with E-state index >= 15 is 0 Å². The molecule has 3 aromatic rings. The van der Waals surface area contributed by atoms with Gasteiger partial charge in [0, 0.05) is 12.2 Å². The molecule has 4 rings (SSSR count). The second-order valence-electron chi connectivity index (χ2n) is 6.73. The maximum absolute atomic E-state index is 14.3. The van der Waals surface area contributed by atoms with Gasteiger partial charge in [-0.25, -0.2) is 4.39 Å². The SMILES string of the molecule is Cc1onc(-c2c(F)cccc2Cl)c1C(=O)NCCC1C(=O)Nc2ccccc21. The van der Waals surface area contributed by atoms with E-state index in [1.165, 1.54) is 18.2 Å². The Kier molecular flexibility index (Phi) is 5.07. The van der Waals surface area contributed by atoms with Crippen LogP contribution in [0.3, 0.4) is 0 Å². The molecule has 0 bridgehead atoms. The number of anilines is 1. The number of benzene rings is 2. The summed E-state index contributed by atoms with van der Waals surface area (Å²) in [5, 5.41) is 9.56. The molecule has 1 aliphatic rings. The molecule has 2 amide bonds. The van der Waals surface area contributed by atoms with E-state index in [0.717, 1.165) is 11.3 Å². The van der Waals surface area contributed by atoms with Gasteiger partial charge in [-0.2, -0.15) is 0 Å². The largest absolute Gasteiger partial charge is 0.360 e. The quantitative estimate of drug-likeness (QED) is 0.653. The lowest BCUT2D eigenvalue weighted by Gasteiger charge is -2.10. The smallest absolute Gasteiger partial charge is 0.257 e. The molecule has 1 atom stereocenters. The number of rotatable bonds is 5. The van der Waals surface area contributed by atoms with Crippen LogP contribution >= 0.6 is 11.6 Å². The minimum atomic E-state index is -0.598. The van der Waals surface area contributed by atoms with E-state index in [9.17, 15) is 14.0 Å². The van der Waals surface area contributed by atoms with Crippen molar-refractivity contribution in [1.29, 1.82) is 0 Å². The molecule has 0 radical (unpaired) electrons. The first kappa shape index (κ1) is 19.1. The Hall–Kier alpha value is -3.19. The van der Waals surface area contributed by atoms with Crippen molar-refractivity contribution in [3.63, 3.8) is 0 Å². The van der Waals surface area contributed by atoms with Crippen LogP contribution in [0.1, 0.15) is 34.0 Å². The summed E-state index contributed by atoms with van der Waals surface area (Å²) in [4.78, 5) is 25.0. The van der Waals surface area contributed by atoms with Crippen LogP contribution in [0.2, 0.25) is 5.02 Å². The number of carbonyl (C=O) groups is 2. The van der Waals surface area contributed by atoms with Gasteiger partial charge in [0.05, 0.1) is 16.5 Å². The molecule has 0 spiro atoms. The molecule has 1 aromatic heterocycles. The minimum absolute atomic E-state index is 0.0141. The van der Waals surface area contributed by atoms with Crippen molar-refractivity contribution in [2.75, 3.05) is 11.9 Å². The highest BCUT2D eigenvalue weighted by atomic mass is 35.5. The molecular formula is C21H17ClFN3O3. The molecule has 0 fully saturated rings. The van der Waals surface area contributed by atoms with Gasteiger partial charge in [-0.3, -0.25) is 9.59 Å². The van der Waals surface area contributed by atoms with Crippen LogP contribution in [0.5, 0.6) is 0 Å². The molecule has 2 N–H and O–H groups in total. The van der Waals surface area contributed by atoms with Crippen LogP contribution in [-0.4, -0.2) is 23.5 Å². The summed E-state index contributed by atoms with van der Waals surface area (Å²) in [6, 6.07) is 11.7. The number of aromatic nitrogens is 1. The highest BCUT2D eigenvalue weighted by molar-refractivity contribution is 6.33. The monoisotopic (exact) mass is 413 g/mol. The molecular weight excluding hydrogens is 397 g/mol. The lowest BCUT2D eigenvalue weighted by Crippen LogP contribution is -2.27. The molecule has 2 aromatic carbocycles. The number of amides is 2. The van der Waals surface area contributed by atoms with Gasteiger partial charge in [0.1, 0.15) is 22.8 Å². The average molecular weight is 414 g/mol. The zero-order valence-corrected chi connectivity index (χ0v) is 16.2. The van der Waals surface area contributed by atoms with Crippen LogP contribution < -0.4 is 10.6 Å². The fourth-order valence-electron chi connectivity index (χ4n) is 3.52. The van der Waals surface area contributed by atoms with Crippen molar-refractivity contribution < 1.29 is 18.5 Å². The number of carbonyl (C=O) groups excluding carboxylic acids is 2. The van der Waals surface area contributed by atoms with Crippen molar-refractivity contribution >= 4 is 29.1 Å². The molecule has 6 nitrogen and oxygen atoms in total. The first-order chi connectivity index (χ1) is 14.0. The van der Waals surface area contributed by atoms with Gasteiger partial charge in [-0.05, 0) is 37.1 Å². The third-order valence-corrected chi connectivity index (χ3v) is 5.23. The molecule has 29 heavy (non-hydrogen) atoms. The topological polar surface area (TPSA) is 84.2 Å². The Balaban J connectivity index is 1.51. The summed E-state index contributed by atoms with van der Waals surface area (Å²) in [7, 11) is 0. The van der Waals surface area contributed by atoms with E-state index in [-0.39, 0.29) is 46.0 Å². The van der Waals surface area contributed by atoms with Crippen LogP contribution in [-0.2, 0) is 4.79 Å².